The molecule has 0 spiro atoms. The summed E-state index contributed by atoms with van der Waals surface area (Å²) in [5.41, 5.74) is 6.26. The number of aromatic amines is 1. The quantitative estimate of drug-likeness (QED) is 0.800. The summed E-state index contributed by atoms with van der Waals surface area (Å²) in [7, 11) is -3.38. The maximum Gasteiger partial charge on any atom is 0.244 e. The summed E-state index contributed by atoms with van der Waals surface area (Å²) in [6, 6.07) is 1.83. The molecular weight excluding hydrogens is 262 g/mol. The van der Waals surface area contributed by atoms with Gasteiger partial charge in [0, 0.05) is 31.0 Å². The average molecular weight is 285 g/mol. The Morgan fingerprint density at radius 2 is 2.16 bits per heavy atom. The number of hydrogen-bond donors (Lipinski definition) is 2. The van der Waals surface area contributed by atoms with Crippen LogP contribution in [0.15, 0.2) is 17.2 Å². The van der Waals surface area contributed by atoms with Crippen LogP contribution in [0, 0.1) is 5.92 Å². The Labute approximate surface area is 115 Å². The van der Waals surface area contributed by atoms with Crippen LogP contribution < -0.4 is 5.73 Å². The van der Waals surface area contributed by atoms with Crippen molar-refractivity contribution in [3.8, 4) is 0 Å². The lowest BCUT2D eigenvalue weighted by molar-refractivity contribution is 0.373. The van der Waals surface area contributed by atoms with Gasteiger partial charge < -0.3 is 10.7 Å². The van der Waals surface area contributed by atoms with Crippen LogP contribution in [0.1, 0.15) is 38.8 Å². The number of H-pyrrole nitrogens is 1. The van der Waals surface area contributed by atoms with Crippen molar-refractivity contribution in [1.29, 1.82) is 0 Å². The Bertz CT molecular complexity index is 518. The SMILES string of the molecule is CC(C)CCN(C1CC1)S(=O)(=O)c1c[nH]c(CN)c1. The van der Waals surface area contributed by atoms with Gasteiger partial charge in [0.05, 0.1) is 4.90 Å². The minimum atomic E-state index is -3.38. The van der Waals surface area contributed by atoms with Crippen LogP contribution >= 0.6 is 0 Å². The van der Waals surface area contributed by atoms with Crippen molar-refractivity contribution in [3.05, 3.63) is 18.0 Å². The van der Waals surface area contributed by atoms with E-state index in [2.05, 4.69) is 18.8 Å². The molecule has 2 rings (SSSR count). The molecule has 0 unspecified atom stereocenters. The van der Waals surface area contributed by atoms with E-state index in [0.29, 0.717) is 23.9 Å². The maximum atomic E-state index is 12.6. The molecule has 1 heterocycles. The van der Waals surface area contributed by atoms with Crippen LogP contribution in [0.4, 0.5) is 0 Å². The third kappa shape index (κ3) is 3.38. The van der Waals surface area contributed by atoms with Crippen molar-refractivity contribution >= 4 is 10.0 Å². The zero-order valence-electron chi connectivity index (χ0n) is 11.6. The van der Waals surface area contributed by atoms with Gasteiger partial charge in [0.25, 0.3) is 0 Å². The van der Waals surface area contributed by atoms with E-state index in [9.17, 15) is 8.42 Å². The molecule has 0 atom stereocenters. The van der Waals surface area contributed by atoms with Crippen LogP contribution in [-0.4, -0.2) is 30.3 Å². The summed E-state index contributed by atoms with van der Waals surface area (Å²) in [5.74, 6) is 0.502. The summed E-state index contributed by atoms with van der Waals surface area (Å²) in [6.45, 7) is 5.15. The zero-order chi connectivity index (χ0) is 14.0. The van der Waals surface area contributed by atoms with Gasteiger partial charge in [-0.1, -0.05) is 13.8 Å². The van der Waals surface area contributed by atoms with Gasteiger partial charge in [0.1, 0.15) is 0 Å². The van der Waals surface area contributed by atoms with Crippen molar-refractivity contribution in [2.75, 3.05) is 6.54 Å². The lowest BCUT2D eigenvalue weighted by Crippen LogP contribution is -2.34. The minimum Gasteiger partial charge on any atom is -0.363 e. The number of sulfonamides is 1. The number of aromatic nitrogens is 1. The third-order valence-electron chi connectivity index (χ3n) is 3.42. The number of nitrogens with two attached hydrogens (primary N) is 1. The van der Waals surface area contributed by atoms with Gasteiger partial charge >= 0.3 is 0 Å². The molecule has 1 aliphatic rings. The Kier molecular flexibility index (Phi) is 4.32. The highest BCUT2D eigenvalue weighted by Crippen LogP contribution is 2.32. The molecule has 1 saturated carbocycles. The van der Waals surface area contributed by atoms with Crippen LogP contribution in [0.25, 0.3) is 0 Å². The summed E-state index contributed by atoms with van der Waals surface area (Å²) in [6.07, 6.45) is 4.39. The predicted octanol–water partition coefficient (Wildman–Crippen LogP) is 1.67. The van der Waals surface area contributed by atoms with E-state index in [1.165, 1.54) is 0 Å². The monoisotopic (exact) mass is 285 g/mol. The molecule has 1 aliphatic carbocycles. The van der Waals surface area contributed by atoms with Crippen LogP contribution in [0.2, 0.25) is 0 Å². The molecular formula is C13H23N3O2S. The fourth-order valence-corrected chi connectivity index (χ4v) is 3.79. The molecule has 0 radical (unpaired) electrons. The van der Waals surface area contributed by atoms with Crippen molar-refractivity contribution in [2.45, 2.75) is 50.6 Å². The molecule has 5 nitrogen and oxygen atoms in total. The molecule has 3 N–H and O–H groups in total. The second kappa shape index (κ2) is 5.64. The van der Waals surface area contributed by atoms with Crippen molar-refractivity contribution in [3.63, 3.8) is 0 Å². The maximum absolute atomic E-state index is 12.6. The molecule has 108 valence electrons. The lowest BCUT2D eigenvalue weighted by Gasteiger charge is -2.22. The Morgan fingerprint density at radius 3 is 2.63 bits per heavy atom. The molecule has 0 aromatic carbocycles. The smallest absolute Gasteiger partial charge is 0.244 e. The lowest BCUT2D eigenvalue weighted by atomic mass is 10.1. The van der Waals surface area contributed by atoms with E-state index < -0.39 is 10.0 Å². The van der Waals surface area contributed by atoms with E-state index in [4.69, 9.17) is 5.73 Å². The van der Waals surface area contributed by atoms with Crippen molar-refractivity contribution in [2.24, 2.45) is 11.7 Å². The molecule has 1 aromatic heterocycles. The van der Waals surface area contributed by atoms with Gasteiger partial charge in [-0.3, -0.25) is 0 Å². The first-order chi connectivity index (χ1) is 8.95. The molecule has 0 bridgehead atoms. The van der Waals surface area contributed by atoms with Crippen LogP contribution in [0.5, 0.6) is 0 Å². The predicted molar refractivity (Wildman–Crippen MR) is 75.1 cm³/mol. The molecule has 0 aliphatic heterocycles. The Morgan fingerprint density at radius 1 is 1.47 bits per heavy atom. The summed E-state index contributed by atoms with van der Waals surface area (Å²) < 4.78 is 26.9. The van der Waals surface area contributed by atoms with Gasteiger partial charge in [-0.15, -0.1) is 0 Å². The second-order valence-corrected chi connectivity index (χ2v) is 7.48. The Balaban J connectivity index is 2.18. The first-order valence-corrected chi connectivity index (χ1v) is 8.28. The molecule has 1 aromatic rings. The third-order valence-corrected chi connectivity index (χ3v) is 5.35. The second-order valence-electron chi connectivity index (χ2n) is 5.59. The Hall–Kier alpha value is -0.850. The molecule has 1 fully saturated rings. The first kappa shape index (κ1) is 14.6. The molecule has 0 saturated heterocycles. The van der Waals surface area contributed by atoms with E-state index in [-0.39, 0.29) is 6.04 Å². The minimum absolute atomic E-state index is 0.194. The van der Waals surface area contributed by atoms with E-state index in [0.717, 1.165) is 25.0 Å². The van der Waals surface area contributed by atoms with E-state index >= 15 is 0 Å². The number of hydrogen-bond acceptors (Lipinski definition) is 3. The van der Waals surface area contributed by atoms with Crippen molar-refractivity contribution in [1.82, 2.24) is 9.29 Å². The topological polar surface area (TPSA) is 79.2 Å². The number of nitrogens with zero attached hydrogens (tertiary/aromatic N) is 1. The standard InChI is InChI=1S/C13H23N3O2S/c1-10(2)5-6-16(12-3-4-12)19(17,18)13-7-11(8-14)15-9-13/h7,9-10,12,15H,3-6,8,14H2,1-2H3. The highest BCUT2D eigenvalue weighted by Gasteiger charge is 2.38. The van der Waals surface area contributed by atoms with Gasteiger partial charge in [-0.25, -0.2) is 8.42 Å². The van der Waals surface area contributed by atoms with Gasteiger partial charge in [-0.2, -0.15) is 4.31 Å². The normalized spacial score (nSPS) is 16.5. The van der Waals surface area contributed by atoms with Gasteiger partial charge in [-0.05, 0) is 31.2 Å². The summed E-state index contributed by atoms with van der Waals surface area (Å²) >= 11 is 0. The van der Waals surface area contributed by atoms with Gasteiger partial charge in [0.15, 0.2) is 0 Å². The molecule has 19 heavy (non-hydrogen) atoms. The zero-order valence-corrected chi connectivity index (χ0v) is 12.4. The highest BCUT2D eigenvalue weighted by atomic mass is 32.2. The highest BCUT2D eigenvalue weighted by molar-refractivity contribution is 7.89. The van der Waals surface area contributed by atoms with Crippen LogP contribution in [0.3, 0.4) is 0 Å². The molecule has 6 heteroatoms. The fraction of sp³-hybridized carbons (Fsp3) is 0.692. The first-order valence-electron chi connectivity index (χ1n) is 6.84. The summed E-state index contributed by atoms with van der Waals surface area (Å²) in [5, 5.41) is 0. The summed E-state index contributed by atoms with van der Waals surface area (Å²) in [4.78, 5) is 3.25. The van der Waals surface area contributed by atoms with Crippen molar-refractivity contribution < 1.29 is 8.42 Å². The average Bonchev–Trinajstić information content (AvgIpc) is 3.05. The van der Waals surface area contributed by atoms with E-state index in [1.54, 1.807) is 16.6 Å². The van der Waals surface area contributed by atoms with Crippen LogP contribution in [-0.2, 0) is 16.6 Å². The van der Waals surface area contributed by atoms with E-state index in [1.807, 2.05) is 0 Å². The van der Waals surface area contributed by atoms with Gasteiger partial charge in [0.2, 0.25) is 10.0 Å². The number of nitrogens with one attached hydrogen (secondary N) is 1. The fourth-order valence-electron chi connectivity index (χ4n) is 2.07. The number of rotatable bonds is 7. The largest absolute Gasteiger partial charge is 0.363 e. The molecule has 0 amide bonds.